The molecule has 2 nitrogen and oxygen atoms in total. The molecule has 0 saturated carbocycles. The molecule has 0 aromatic carbocycles. The Morgan fingerprint density at radius 3 is 1.20 bits per heavy atom. The SMILES string of the molecule is [LiH].[Ni].[O]=[Mn]=[O]. The summed E-state index contributed by atoms with van der Waals surface area (Å²) in [5.41, 5.74) is 0. The fourth-order valence-corrected chi connectivity index (χ4v) is 0. The zero-order valence-corrected chi connectivity index (χ0v) is 3.68. The van der Waals surface area contributed by atoms with E-state index in [9.17, 15) is 0 Å². The Morgan fingerprint density at radius 1 is 1.20 bits per heavy atom. The van der Waals surface area contributed by atoms with Gasteiger partial charge in [0.05, 0.1) is 0 Å². The molecule has 0 aliphatic rings. The van der Waals surface area contributed by atoms with Crippen LogP contribution in [0.5, 0.6) is 0 Å². The summed E-state index contributed by atoms with van der Waals surface area (Å²) in [4.78, 5) is 0. The number of rotatable bonds is 0. The van der Waals surface area contributed by atoms with Crippen LogP contribution in [0.3, 0.4) is 0 Å². The Morgan fingerprint density at radius 2 is 1.20 bits per heavy atom. The van der Waals surface area contributed by atoms with Crippen LogP contribution in [0.25, 0.3) is 0 Å². The first-order chi connectivity index (χ1) is 1.41. The van der Waals surface area contributed by atoms with Crippen molar-refractivity contribution in [2.75, 3.05) is 0 Å². The minimum absolute atomic E-state index is 0. The quantitative estimate of drug-likeness (QED) is 0.423. The summed E-state index contributed by atoms with van der Waals surface area (Å²) in [6, 6.07) is 0. The van der Waals surface area contributed by atoms with E-state index >= 15 is 0 Å². The van der Waals surface area contributed by atoms with Crippen molar-refractivity contribution < 1.29 is 39.0 Å². The molecule has 0 atom stereocenters. The molecule has 0 N–H and O–H groups in total. The average molecular weight is 154 g/mol. The second-order valence-electron chi connectivity index (χ2n) is 0.0630. The van der Waals surface area contributed by atoms with Crippen LogP contribution in [0.2, 0.25) is 0 Å². The molecule has 0 aromatic heterocycles. The molecule has 0 radical (unpaired) electrons. The molecule has 0 rings (SSSR count). The number of hydrogen-bond donors (Lipinski definition) is 0. The van der Waals surface area contributed by atoms with Crippen LogP contribution < -0.4 is 0 Å². The van der Waals surface area contributed by atoms with Gasteiger partial charge < -0.3 is 0 Å². The molecule has 0 bridgehead atoms. The predicted molar refractivity (Wildman–Crippen MR) is 8.52 cm³/mol. The Bertz CT molecular complexity index is 30.6. The van der Waals surface area contributed by atoms with E-state index in [1.54, 1.807) is 0 Å². The molecule has 0 aliphatic carbocycles. The Balaban J connectivity index is -0.0000000200. The summed E-state index contributed by atoms with van der Waals surface area (Å²) in [7, 11) is 0. The zero-order chi connectivity index (χ0) is 2.71. The van der Waals surface area contributed by atoms with Crippen molar-refractivity contribution in [2.24, 2.45) is 0 Å². The summed E-state index contributed by atoms with van der Waals surface area (Å²) < 4.78 is 16.8. The molecule has 0 aromatic rings. The molecule has 0 spiro atoms. The van der Waals surface area contributed by atoms with Gasteiger partial charge in [0.25, 0.3) is 0 Å². The van der Waals surface area contributed by atoms with E-state index in [0.29, 0.717) is 0 Å². The van der Waals surface area contributed by atoms with Gasteiger partial charge >= 0.3 is 41.4 Å². The summed E-state index contributed by atoms with van der Waals surface area (Å²) in [5.74, 6) is 0. The fourth-order valence-electron chi connectivity index (χ4n) is 0. The van der Waals surface area contributed by atoms with Gasteiger partial charge in [-0.2, -0.15) is 0 Å². The maximum atomic E-state index is 8.41. The summed E-state index contributed by atoms with van der Waals surface area (Å²) in [6.45, 7) is 0. The van der Waals surface area contributed by atoms with Gasteiger partial charge in [0.15, 0.2) is 0 Å². The molecule has 0 saturated heterocycles. The first kappa shape index (κ1) is 16.4. The Hall–Kier alpha value is 1.21. The van der Waals surface area contributed by atoms with Crippen LogP contribution in [0.4, 0.5) is 0 Å². The first-order valence-electron chi connectivity index (χ1n) is 0.309. The fraction of sp³-hybridized carbons (Fsp3) is 0. The van der Waals surface area contributed by atoms with Crippen LogP contribution >= 0.6 is 0 Å². The van der Waals surface area contributed by atoms with Crippen molar-refractivity contribution in [3.63, 3.8) is 0 Å². The van der Waals surface area contributed by atoms with Gasteiger partial charge in [-0.3, -0.25) is 0 Å². The van der Waals surface area contributed by atoms with Crippen LogP contribution in [-0.2, 0) is 39.0 Å². The zero-order valence-electron chi connectivity index (χ0n) is 1.51. The molecule has 0 amide bonds. The molecule has 5 heteroatoms. The van der Waals surface area contributed by atoms with E-state index in [-0.39, 0.29) is 35.4 Å². The monoisotopic (exact) mass is 153 g/mol. The van der Waals surface area contributed by atoms with Gasteiger partial charge in [-0.25, -0.2) is 0 Å². The standard InChI is InChI=1S/Li.Mn.Ni.2O.H. The molecule has 31 valence electrons. The third-order valence-electron chi connectivity index (χ3n) is 0. The van der Waals surface area contributed by atoms with Gasteiger partial charge in [-0.05, 0) is 0 Å². The van der Waals surface area contributed by atoms with Crippen molar-refractivity contribution in [3.8, 4) is 0 Å². The molecule has 0 heterocycles. The normalized spacial score (nSPS) is 2.40. The summed E-state index contributed by atoms with van der Waals surface area (Å²) in [5, 5.41) is 0. The summed E-state index contributed by atoms with van der Waals surface area (Å²) in [6.07, 6.45) is 0. The topological polar surface area (TPSA) is 34.1 Å². The minimum atomic E-state index is -1.44. The van der Waals surface area contributed by atoms with Gasteiger partial charge in [-0.1, -0.05) is 0 Å². The van der Waals surface area contributed by atoms with Crippen molar-refractivity contribution in [3.05, 3.63) is 0 Å². The third-order valence-corrected chi connectivity index (χ3v) is 0. The first-order valence-corrected chi connectivity index (χ1v) is 1.27. The molecule has 0 unspecified atom stereocenters. The summed E-state index contributed by atoms with van der Waals surface area (Å²) >= 11 is -1.44. The van der Waals surface area contributed by atoms with Crippen LogP contribution in [0.15, 0.2) is 0 Å². The van der Waals surface area contributed by atoms with Crippen molar-refractivity contribution in [2.45, 2.75) is 0 Å². The van der Waals surface area contributed by atoms with E-state index in [1.807, 2.05) is 0 Å². The Kier molecular flexibility index (Phi) is 61.9. The van der Waals surface area contributed by atoms with Gasteiger partial charge in [0.2, 0.25) is 0 Å². The third kappa shape index (κ3) is 36.7. The van der Waals surface area contributed by atoms with Crippen LogP contribution in [0.1, 0.15) is 0 Å². The van der Waals surface area contributed by atoms with E-state index in [4.69, 9.17) is 7.67 Å². The number of hydrogen-bond acceptors (Lipinski definition) is 2. The van der Waals surface area contributed by atoms with Crippen LogP contribution in [0, 0.1) is 0 Å². The van der Waals surface area contributed by atoms with Crippen LogP contribution in [-0.4, -0.2) is 18.9 Å². The van der Waals surface area contributed by atoms with E-state index in [0.717, 1.165) is 0 Å². The van der Waals surface area contributed by atoms with Gasteiger partial charge in [0.1, 0.15) is 0 Å². The Labute approximate surface area is 57.7 Å². The maximum absolute atomic E-state index is 8.41. The van der Waals surface area contributed by atoms with Crippen molar-refractivity contribution in [1.29, 1.82) is 0 Å². The van der Waals surface area contributed by atoms with Crippen molar-refractivity contribution in [1.82, 2.24) is 0 Å². The molecular formula is HLiMnNiO2. The second kappa shape index (κ2) is 18.9. The molecule has 5 heavy (non-hydrogen) atoms. The van der Waals surface area contributed by atoms with Gasteiger partial charge in [0, 0.05) is 16.5 Å². The molecular weight excluding hydrogens is 153 g/mol. The average Bonchev–Trinajstić information content (AvgIpc) is 0.918. The molecule has 0 fully saturated rings. The van der Waals surface area contributed by atoms with E-state index in [1.165, 1.54) is 0 Å². The second-order valence-corrected chi connectivity index (χ2v) is 0.260. The van der Waals surface area contributed by atoms with E-state index < -0.39 is 14.8 Å². The molecule has 0 aliphatic heterocycles. The predicted octanol–water partition coefficient (Wildman–Crippen LogP) is -0.891. The van der Waals surface area contributed by atoms with Crippen molar-refractivity contribution >= 4 is 18.9 Å². The van der Waals surface area contributed by atoms with E-state index in [2.05, 4.69) is 0 Å². The van der Waals surface area contributed by atoms with Gasteiger partial charge in [-0.15, -0.1) is 0 Å².